The van der Waals surface area contributed by atoms with E-state index in [4.69, 9.17) is 10.7 Å². The fraction of sp³-hybridized carbons (Fsp3) is 0.857. The van der Waals surface area contributed by atoms with Gasteiger partial charge in [-0.2, -0.15) is 4.37 Å². The first-order chi connectivity index (χ1) is 9.38. The second-order valence-corrected chi connectivity index (χ2v) is 6.57. The normalized spacial score (nSPS) is 20.7. The summed E-state index contributed by atoms with van der Waals surface area (Å²) in [7, 11) is 0. The van der Waals surface area contributed by atoms with Crippen LogP contribution in [0.1, 0.15) is 63.1 Å². The third kappa shape index (κ3) is 3.26. The molecule has 0 saturated heterocycles. The Kier molecular flexibility index (Phi) is 4.33. The van der Waals surface area contributed by atoms with Crippen molar-refractivity contribution in [2.24, 2.45) is 5.73 Å². The molecule has 1 heterocycles. The van der Waals surface area contributed by atoms with Crippen LogP contribution in [0.4, 0.5) is 5.13 Å². The summed E-state index contributed by atoms with van der Waals surface area (Å²) in [5.41, 5.74) is 5.69. The van der Waals surface area contributed by atoms with Gasteiger partial charge in [0.2, 0.25) is 5.13 Å². The second-order valence-electron chi connectivity index (χ2n) is 5.84. The van der Waals surface area contributed by atoms with E-state index in [0.29, 0.717) is 12.0 Å². The number of rotatable bonds is 6. The number of hydrogen-bond acceptors (Lipinski definition) is 5. The Hall–Kier alpha value is -0.680. The maximum Gasteiger partial charge on any atom is 0.205 e. The van der Waals surface area contributed by atoms with Gasteiger partial charge < -0.3 is 10.6 Å². The van der Waals surface area contributed by atoms with Gasteiger partial charge in [0.1, 0.15) is 5.82 Å². The van der Waals surface area contributed by atoms with E-state index in [2.05, 4.69) is 9.27 Å². The first-order valence-corrected chi connectivity index (χ1v) is 8.46. The quantitative estimate of drug-likeness (QED) is 0.870. The molecule has 1 aromatic rings. The molecule has 0 spiro atoms. The predicted molar refractivity (Wildman–Crippen MR) is 79.8 cm³/mol. The lowest BCUT2D eigenvalue weighted by Gasteiger charge is -2.33. The molecule has 2 fully saturated rings. The Bertz CT molecular complexity index is 396. The zero-order valence-corrected chi connectivity index (χ0v) is 12.4. The van der Waals surface area contributed by atoms with Crippen LogP contribution in [-0.4, -0.2) is 28.5 Å². The van der Waals surface area contributed by atoms with Crippen molar-refractivity contribution in [3.63, 3.8) is 0 Å². The van der Waals surface area contributed by atoms with Crippen molar-refractivity contribution in [3.05, 3.63) is 5.82 Å². The first kappa shape index (κ1) is 13.3. The van der Waals surface area contributed by atoms with E-state index in [0.717, 1.165) is 30.5 Å². The van der Waals surface area contributed by atoms with E-state index in [9.17, 15) is 0 Å². The molecule has 5 heteroatoms. The van der Waals surface area contributed by atoms with Crippen LogP contribution in [0.25, 0.3) is 0 Å². The van der Waals surface area contributed by atoms with Gasteiger partial charge in [0.15, 0.2) is 0 Å². The minimum atomic E-state index is 0.660. The maximum absolute atomic E-state index is 5.69. The highest BCUT2D eigenvalue weighted by Crippen LogP contribution is 2.40. The highest BCUT2D eigenvalue weighted by atomic mass is 32.1. The van der Waals surface area contributed by atoms with Gasteiger partial charge in [-0.25, -0.2) is 4.98 Å². The van der Waals surface area contributed by atoms with Gasteiger partial charge in [-0.05, 0) is 38.6 Å². The number of anilines is 1. The molecular formula is C14H24N4S. The molecule has 0 atom stereocenters. The van der Waals surface area contributed by atoms with E-state index in [1.165, 1.54) is 44.9 Å². The molecule has 0 aromatic carbocycles. The van der Waals surface area contributed by atoms with Crippen molar-refractivity contribution in [3.8, 4) is 0 Å². The van der Waals surface area contributed by atoms with Gasteiger partial charge in [0, 0.05) is 30.0 Å². The summed E-state index contributed by atoms with van der Waals surface area (Å²) in [6, 6.07) is 0.667. The molecule has 0 amide bonds. The summed E-state index contributed by atoms with van der Waals surface area (Å²) in [5, 5.41) is 1.14. The summed E-state index contributed by atoms with van der Waals surface area (Å²) >= 11 is 1.59. The van der Waals surface area contributed by atoms with Gasteiger partial charge in [0.25, 0.3) is 0 Å². The van der Waals surface area contributed by atoms with Crippen LogP contribution < -0.4 is 10.6 Å². The van der Waals surface area contributed by atoms with Crippen molar-refractivity contribution in [1.82, 2.24) is 9.36 Å². The second kappa shape index (κ2) is 6.18. The smallest absolute Gasteiger partial charge is 0.205 e. The van der Waals surface area contributed by atoms with Gasteiger partial charge in [-0.1, -0.05) is 19.3 Å². The molecule has 106 valence electrons. The Labute approximate surface area is 119 Å². The van der Waals surface area contributed by atoms with Crippen LogP contribution in [0.15, 0.2) is 0 Å². The largest absolute Gasteiger partial charge is 0.344 e. The predicted octanol–water partition coefficient (Wildman–Crippen LogP) is 2.90. The Balaban J connectivity index is 1.71. The van der Waals surface area contributed by atoms with Crippen molar-refractivity contribution in [1.29, 1.82) is 0 Å². The standard InChI is InChI=1S/C14H24N4S/c15-9-4-10-18(12-5-2-1-3-6-12)14-16-13(17-19-14)11-7-8-11/h11-12H,1-10,15H2. The number of hydrogen-bond donors (Lipinski definition) is 1. The third-order valence-corrected chi connectivity index (χ3v) is 5.01. The molecule has 1 aromatic heterocycles. The average Bonchev–Trinajstić information content (AvgIpc) is 3.20. The molecule has 0 unspecified atom stereocenters. The van der Waals surface area contributed by atoms with Crippen molar-refractivity contribution >= 4 is 16.7 Å². The van der Waals surface area contributed by atoms with Crippen LogP contribution in [0.2, 0.25) is 0 Å². The Morgan fingerprint density at radius 3 is 2.63 bits per heavy atom. The SMILES string of the molecule is NCCCN(c1nc(C2CC2)ns1)C1CCCCC1. The highest BCUT2D eigenvalue weighted by molar-refractivity contribution is 7.09. The molecule has 2 aliphatic carbocycles. The molecule has 2 saturated carbocycles. The van der Waals surface area contributed by atoms with Crippen molar-refractivity contribution < 1.29 is 0 Å². The van der Waals surface area contributed by atoms with Gasteiger partial charge in [-0.15, -0.1) is 0 Å². The summed E-state index contributed by atoms with van der Waals surface area (Å²) in [6.45, 7) is 1.80. The van der Waals surface area contributed by atoms with E-state index >= 15 is 0 Å². The van der Waals surface area contributed by atoms with Crippen molar-refractivity contribution in [2.75, 3.05) is 18.0 Å². The first-order valence-electron chi connectivity index (χ1n) is 7.69. The maximum atomic E-state index is 5.69. The van der Waals surface area contributed by atoms with Gasteiger partial charge >= 0.3 is 0 Å². The van der Waals surface area contributed by atoms with E-state index in [-0.39, 0.29) is 0 Å². The monoisotopic (exact) mass is 280 g/mol. The number of aromatic nitrogens is 2. The molecule has 19 heavy (non-hydrogen) atoms. The Morgan fingerprint density at radius 1 is 1.16 bits per heavy atom. The highest BCUT2D eigenvalue weighted by Gasteiger charge is 2.30. The molecule has 3 rings (SSSR count). The zero-order valence-electron chi connectivity index (χ0n) is 11.6. The lowest BCUT2D eigenvalue weighted by Crippen LogP contribution is -2.38. The average molecular weight is 280 g/mol. The van der Waals surface area contributed by atoms with Crippen LogP contribution in [-0.2, 0) is 0 Å². The van der Waals surface area contributed by atoms with E-state index in [1.54, 1.807) is 11.5 Å². The lowest BCUT2D eigenvalue weighted by molar-refractivity contribution is 0.412. The fourth-order valence-electron chi connectivity index (χ4n) is 2.94. The summed E-state index contributed by atoms with van der Waals surface area (Å²) in [5.74, 6) is 1.75. The summed E-state index contributed by atoms with van der Waals surface area (Å²) in [4.78, 5) is 7.29. The van der Waals surface area contributed by atoms with Crippen LogP contribution >= 0.6 is 11.5 Å². The molecule has 0 radical (unpaired) electrons. The van der Waals surface area contributed by atoms with Crippen LogP contribution in [0.5, 0.6) is 0 Å². The number of nitrogens with two attached hydrogens (primary N) is 1. The van der Waals surface area contributed by atoms with E-state index in [1.807, 2.05) is 0 Å². The molecule has 2 N–H and O–H groups in total. The zero-order chi connectivity index (χ0) is 13.1. The summed E-state index contributed by atoms with van der Waals surface area (Å²) in [6.07, 6.45) is 10.3. The Morgan fingerprint density at radius 2 is 1.95 bits per heavy atom. The molecule has 0 bridgehead atoms. The molecule has 0 aliphatic heterocycles. The van der Waals surface area contributed by atoms with Crippen molar-refractivity contribution in [2.45, 2.75) is 63.3 Å². The molecule has 4 nitrogen and oxygen atoms in total. The molecular weight excluding hydrogens is 256 g/mol. The third-order valence-electron chi connectivity index (χ3n) is 4.24. The van der Waals surface area contributed by atoms with E-state index < -0.39 is 0 Å². The topological polar surface area (TPSA) is 55.0 Å². The van der Waals surface area contributed by atoms with Gasteiger partial charge in [-0.3, -0.25) is 0 Å². The summed E-state index contributed by atoms with van der Waals surface area (Å²) < 4.78 is 4.56. The minimum Gasteiger partial charge on any atom is -0.344 e. The van der Waals surface area contributed by atoms with Crippen LogP contribution in [0, 0.1) is 0 Å². The lowest BCUT2D eigenvalue weighted by atomic mass is 9.94. The van der Waals surface area contributed by atoms with Crippen LogP contribution in [0.3, 0.4) is 0 Å². The van der Waals surface area contributed by atoms with Gasteiger partial charge in [0.05, 0.1) is 0 Å². The number of nitrogens with zero attached hydrogens (tertiary/aromatic N) is 3. The molecule has 2 aliphatic rings. The minimum absolute atomic E-state index is 0.660. The fourth-order valence-corrected chi connectivity index (χ4v) is 3.78.